The Morgan fingerprint density at radius 2 is 1.59 bits per heavy atom. The summed E-state index contributed by atoms with van der Waals surface area (Å²) in [5.74, 6) is 2.54. The van der Waals surface area contributed by atoms with Crippen LogP contribution in [0.4, 0.5) is 0 Å². The quantitative estimate of drug-likeness (QED) is 0.619. The van der Waals surface area contributed by atoms with Crippen molar-refractivity contribution in [1.29, 1.82) is 0 Å². The summed E-state index contributed by atoms with van der Waals surface area (Å²) < 4.78 is 16.7. The number of carbonyl (C=O) groups excluding carboxylic acids is 1. The number of nitrogens with zero attached hydrogens (tertiary/aromatic N) is 1. The van der Waals surface area contributed by atoms with E-state index in [0.717, 1.165) is 41.5 Å². The molecule has 0 radical (unpaired) electrons. The predicted octanol–water partition coefficient (Wildman–Crippen LogP) is 4.46. The Kier molecular flexibility index (Phi) is 4.26. The molecule has 1 unspecified atom stereocenters. The van der Waals surface area contributed by atoms with Crippen molar-refractivity contribution in [3.8, 4) is 17.2 Å². The molecule has 1 fully saturated rings. The predicted molar refractivity (Wildman–Crippen MR) is 113 cm³/mol. The summed E-state index contributed by atoms with van der Waals surface area (Å²) in [6, 6.07) is 10.6. The first-order valence-electron chi connectivity index (χ1n) is 10.1. The van der Waals surface area contributed by atoms with Gasteiger partial charge >= 0.3 is 0 Å². The third kappa shape index (κ3) is 2.71. The van der Waals surface area contributed by atoms with Crippen LogP contribution in [0.3, 0.4) is 0 Å². The smallest absolute Gasteiger partial charge is 0.223 e. The summed E-state index contributed by atoms with van der Waals surface area (Å²) in [6.07, 6.45) is 3.60. The Balaban J connectivity index is 1.85. The summed E-state index contributed by atoms with van der Waals surface area (Å²) in [5.41, 5.74) is 2.57. The summed E-state index contributed by atoms with van der Waals surface area (Å²) in [6.45, 7) is 0.673. The van der Waals surface area contributed by atoms with Crippen LogP contribution in [0.2, 0.25) is 0 Å². The zero-order valence-electron chi connectivity index (χ0n) is 17.1. The molecule has 3 aromatic carbocycles. The Bertz CT molecular complexity index is 1140. The molecule has 2 aliphatic rings. The number of amides is 1. The van der Waals surface area contributed by atoms with Gasteiger partial charge in [0.05, 0.1) is 21.3 Å². The summed E-state index contributed by atoms with van der Waals surface area (Å²) in [7, 11) is 5.01. The van der Waals surface area contributed by atoms with Gasteiger partial charge in [0, 0.05) is 19.0 Å². The van der Waals surface area contributed by atoms with Crippen LogP contribution >= 0.6 is 0 Å². The van der Waals surface area contributed by atoms with Crippen molar-refractivity contribution in [3.63, 3.8) is 0 Å². The van der Waals surface area contributed by atoms with Crippen LogP contribution in [-0.4, -0.2) is 38.2 Å². The fraction of sp³-hybridized carbons (Fsp3) is 0.375. The van der Waals surface area contributed by atoms with E-state index in [1.54, 1.807) is 21.3 Å². The van der Waals surface area contributed by atoms with E-state index >= 15 is 0 Å². The summed E-state index contributed by atoms with van der Waals surface area (Å²) >= 11 is 0. The lowest BCUT2D eigenvalue weighted by atomic mass is 9.82. The molecule has 0 aliphatic carbocycles. The van der Waals surface area contributed by atoms with E-state index in [-0.39, 0.29) is 11.9 Å². The van der Waals surface area contributed by atoms with Gasteiger partial charge in [-0.15, -0.1) is 0 Å². The molecule has 5 heteroatoms. The topological polar surface area (TPSA) is 48.0 Å². The van der Waals surface area contributed by atoms with Crippen LogP contribution in [0.15, 0.2) is 30.3 Å². The Labute approximate surface area is 170 Å². The van der Waals surface area contributed by atoms with E-state index < -0.39 is 0 Å². The van der Waals surface area contributed by atoms with Gasteiger partial charge < -0.3 is 19.1 Å². The maximum absolute atomic E-state index is 12.6. The standard InChI is InChI=1S/C24H25NO4/c1-27-15-7-8-16-18(10-15)20-12-23(29-3)22(28-2)11-19(20)17-9-14-5-4-6-24(26)25(14)13-21(16)17/h7-8,10-12,14H,4-6,9,13H2,1-3H3. The molecule has 1 saturated heterocycles. The van der Waals surface area contributed by atoms with Crippen LogP contribution in [0.5, 0.6) is 17.2 Å². The van der Waals surface area contributed by atoms with Crippen molar-refractivity contribution in [2.45, 2.75) is 38.3 Å². The molecule has 5 nitrogen and oxygen atoms in total. The SMILES string of the molecule is COc1ccc2c3c(c4cc(OC)c(OC)cc4c2c1)CC1CCCC(=O)N1C3. The average molecular weight is 391 g/mol. The lowest BCUT2D eigenvalue weighted by Gasteiger charge is -2.41. The van der Waals surface area contributed by atoms with Gasteiger partial charge in [-0.2, -0.15) is 0 Å². The fourth-order valence-electron chi connectivity index (χ4n) is 5.05. The molecule has 0 N–H and O–H groups in total. The van der Waals surface area contributed by atoms with E-state index in [1.807, 2.05) is 6.07 Å². The van der Waals surface area contributed by atoms with E-state index in [1.165, 1.54) is 21.9 Å². The number of methoxy groups -OCH3 is 3. The third-order valence-electron chi connectivity index (χ3n) is 6.51. The molecule has 2 heterocycles. The molecule has 2 aliphatic heterocycles. The second-order valence-electron chi connectivity index (χ2n) is 7.89. The number of hydrogen-bond acceptors (Lipinski definition) is 4. The van der Waals surface area contributed by atoms with Gasteiger partial charge in [0.1, 0.15) is 5.75 Å². The van der Waals surface area contributed by atoms with Crippen LogP contribution in [0, 0.1) is 0 Å². The number of carbonyl (C=O) groups is 1. The monoisotopic (exact) mass is 391 g/mol. The number of rotatable bonds is 3. The third-order valence-corrected chi connectivity index (χ3v) is 6.51. The van der Waals surface area contributed by atoms with Crippen molar-refractivity contribution >= 4 is 27.5 Å². The van der Waals surface area contributed by atoms with Gasteiger partial charge in [-0.25, -0.2) is 0 Å². The summed E-state index contributed by atoms with van der Waals surface area (Å²) in [4.78, 5) is 14.7. The maximum atomic E-state index is 12.6. The normalized spacial score (nSPS) is 18.5. The number of benzene rings is 3. The van der Waals surface area contributed by atoms with Gasteiger partial charge in [0.25, 0.3) is 0 Å². The Morgan fingerprint density at radius 3 is 2.31 bits per heavy atom. The number of ether oxygens (including phenoxy) is 3. The molecule has 0 spiro atoms. The van der Waals surface area contributed by atoms with Crippen LogP contribution in [0.25, 0.3) is 21.5 Å². The minimum absolute atomic E-state index is 0.279. The fourth-order valence-corrected chi connectivity index (χ4v) is 5.05. The lowest BCUT2D eigenvalue weighted by Crippen LogP contribution is -2.47. The first-order chi connectivity index (χ1) is 14.1. The van der Waals surface area contributed by atoms with E-state index in [2.05, 4.69) is 29.2 Å². The minimum Gasteiger partial charge on any atom is -0.497 e. The van der Waals surface area contributed by atoms with Crippen molar-refractivity contribution < 1.29 is 19.0 Å². The van der Waals surface area contributed by atoms with Gasteiger partial charge in [0.2, 0.25) is 5.91 Å². The second kappa shape index (κ2) is 6.83. The van der Waals surface area contributed by atoms with Crippen molar-refractivity contribution in [3.05, 3.63) is 41.5 Å². The highest BCUT2D eigenvalue weighted by Gasteiger charge is 2.34. The van der Waals surface area contributed by atoms with Crippen LogP contribution in [0.1, 0.15) is 30.4 Å². The zero-order valence-corrected chi connectivity index (χ0v) is 17.1. The largest absolute Gasteiger partial charge is 0.497 e. The Morgan fingerprint density at radius 1 is 0.862 bits per heavy atom. The van der Waals surface area contributed by atoms with Crippen molar-refractivity contribution in [1.82, 2.24) is 4.90 Å². The highest BCUT2D eigenvalue weighted by atomic mass is 16.5. The molecule has 150 valence electrons. The molecule has 29 heavy (non-hydrogen) atoms. The van der Waals surface area contributed by atoms with E-state index in [4.69, 9.17) is 14.2 Å². The van der Waals surface area contributed by atoms with Crippen LogP contribution in [-0.2, 0) is 17.8 Å². The first-order valence-corrected chi connectivity index (χ1v) is 10.1. The van der Waals surface area contributed by atoms with Gasteiger partial charge in [0.15, 0.2) is 11.5 Å². The second-order valence-corrected chi connectivity index (χ2v) is 7.89. The molecule has 0 saturated carbocycles. The van der Waals surface area contributed by atoms with Crippen molar-refractivity contribution in [2.75, 3.05) is 21.3 Å². The minimum atomic E-state index is 0.279. The molecule has 0 bridgehead atoms. The first kappa shape index (κ1) is 18.1. The zero-order chi connectivity index (χ0) is 20.1. The molecule has 1 amide bonds. The Hall–Kier alpha value is -2.95. The van der Waals surface area contributed by atoms with Crippen LogP contribution < -0.4 is 14.2 Å². The molecule has 1 atom stereocenters. The number of fused-ring (bicyclic) bond motifs is 7. The van der Waals surface area contributed by atoms with Gasteiger partial charge in [-0.3, -0.25) is 4.79 Å². The highest BCUT2D eigenvalue weighted by Crippen LogP contribution is 2.44. The molecule has 0 aromatic heterocycles. The summed E-state index contributed by atoms with van der Waals surface area (Å²) in [5, 5.41) is 4.60. The highest BCUT2D eigenvalue weighted by molar-refractivity contribution is 6.12. The molecule has 3 aromatic rings. The van der Waals surface area contributed by atoms with E-state index in [0.29, 0.717) is 18.7 Å². The van der Waals surface area contributed by atoms with Crippen molar-refractivity contribution in [2.24, 2.45) is 0 Å². The van der Waals surface area contributed by atoms with Gasteiger partial charge in [-0.1, -0.05) is 6.07 Å². The molecular weight excluding hydrogens is 366 g/mol. The number of hydrogen-bond donors (Lipinski definition) is 0. The maximum Gasteiger partial charge on any atom is 0.223 e. The number of piperidine rings is 1. The average Bonchev–Trinajstić information content (AvgIpc) is 2.77. The van der Waals surface area contributed by atoms with E-state index in [9.17, 15) is 4.79 Å². The molecule has 5 rings (SSSR count). The van der Waals surface area contributed by atoms with Gasteiger partial charge in [-0.05, 0) is 76.2 Å². The molecular formula is C24H25NO4. The lowest BCUT2D eigenvalue weighted by molar-refractivity contribution is -0.137.